The van der Waals surface area contributed by atoms with Crippen molar-refractivity contribution in [2.75, 3.05) is 0 Å². The van der Waals surface area contributed by atoms with Gasteiger partial charge in [-0.2, -0.15) is 0 Å². The lowest BCUT2D eigenvalue weighted by Gasteiger charge is -2.24. The van der Waals surface area contributed by atoms with Gasteiger partial charge in [0.25, 0.3) is 0 Å². The van der Waals surface area contributed by atoms with Gasteiger partial charge in [-0.15, -0.1) is 0 Å². The maximum atomic E-state index is 3.84. The predicted molar refractivity (Wildman–Crippen MR) is 109 cm³/mol. The Balaban J connectivity index is 1.63. The highest BCUT2D eigenvalue weighted by atomic mass is 14.9. The van der Waals surface area contributed by atoms with Crippen molar-refractivity contribution < 1.29 is 0 Å². The molecule has 4 rings (SSSR count). The van der Waals surface area contributed by atoms with Gasteiger partial charge in [0.2, 0.25) is 0 Å². The number of aromatic amines is 1. The van der Waals surface area contributed by atoms with Crippen LogP contribution >= 0.6 is 0 Å². The van der Waals surface area contributed by atoms with Crippen molar-refractivity contribution in [3.05, 3.63) is 108 Å². The van der Waals surface area contributed by atoms with Crippen LogP contribution in [0.5, 0.6) is 0 Å². The third kappa shape index (κ3) is 3.56. The molecular weight excluding hydrogens is 316 g/mol. The highest BCUT2D eigenvalue weighted by Gasteiger charge is 2.17. The number of H-pyrrole nitrogens is 1. The molecule has 2 atom stereocenters. The molecule has 130 valence electrons. The van der Waals surface area contributed by atoms with Gasteiger partial charge in [-0.25, -0.2) is 0 Å². The molecule has 0 amide bonds. The number of rotatable bonds is 6. The molecule has 0 aliphatic rings. The molecule has 26 heavy (non-hydrogen) atoms. The molecule has 0 saturated carbocycles. The molecular formula is C24H24N2. The van der Waals surface area contributed by atoms with E-state index >= 15 is 0 Å². The summed E-state index contributed by atoms with van der Waals surface area (Å²) in [7, 11) is 0. The molecule has 0 saturated heterocycles. The van der Waals surface area contributed by atoms with Crippen LogP contribution < -0.4 is 5.32 Å². The predicted octanol–water partition coefficient (Wildman–Crippen LogP) is 5.80. The molecule has 2 heteroatoms. The summed E-state index contributed by atoms with van der Waals surface area (Å²) in [6.45, 7) is 2.24. The van der Waals surface area contributed by atoms with Gasteiger partial charge in [-0.3, -0.25) is 0 Å². The normalized spacial score (nSPS) is 13.6. The van der Waals surface area contributed by atoms with E-state index in [1.165, 1.54) is 27.6 Å². The highest BCUT2D eigenvalue weighted by Crippen LogP contribution is 2.27. The van der Waals surface area contributed by atoms with Crippen molar-refractivity contribution in [1.82, 2.24) is 10.3 Å². The highest BCUT2D eigenvalue weighted by molar-refractivity contribution is 5.83. The van der Waals surface area contributed by atoms with Gasteiger partial charge in [-0.05, 0) is 36.1 Å². The lowest BCUT2D eigenvalue weighted by molar-refractivity contribution is 0.465. The average Bonchev–Trinajstić information content (AvgIpc) is 3.12. The number of hydrogen-bond acceptors (Lipinski definition) is 1. The van der Waals surface area contributed by atoms with Crippen LogP contribution in [0.15, 0.2) is 91.1 Å². The van der Waals surface area contributed by atoms with Crippen LogP contribution in [0.1, 0.15) is 35.7 Å². The van der Waals surface area contributed by atoms with Crippen LogP contribution in [0.4, 0.5) is 0 Å². The van der Waals surface area contributed by atoms with Crippen molar-refractivity contribution in [3.8, 4) is 0 Å². The largest absolute Gasteiger partial charge is 0.361 e. The Kier molecular flexibility index (Phi) is 4.85. The summed E-state index contributed by atoms with van der Waals surface area (Å²) in [6.07, 6.45) is 3.10. The van der Waals surface area contributed by atoms with Gasteiger partial charge in [0, 0.05) is 29.2 Å². The van der Waals surface area contributed by atoms with Crippen LogP contribution in [0.3, 0.4) is 0 Å². The fourth-order valence-electron chi connectivity index (χ4n) is 3.62. The second-order valence-corrected chi connectivity index (χ2v) is 6.83. The summed E-state index contributed by atoms with van der Waals surface area (Å²) in [6, 6.07) is 30.4. The number of nitrogens with one attached hydrogen (secondary N) is 2. The molecule has 2 N–H and O–H groups in total. The van der Waals surface area contributed by atoms with E-state index in [1.807, 2.05) is 0 Å². The summed E-state index contributed by atoms with van der Waals surface area (Å²) in [5.74, 6) is 0. The lowest BCUT2D eigenvalue weighted by Crippen LogP contribution is -2.26. The molecule has 0 aliphatic heterocycles. The Morgan fingerprint density at radius 2 is 1.38 bits per heavy atom. The summed E-state index contributed by atoms with van der Waals surface area (Å²) in [5, 5.41) is 5.15. The standard InChI is InChI=1S/C24H24N2/c1-18(19-10-4-2-5-11-19)26-24(20-12-6-3-7-13-20)16-21-17-25-23-15-9-8-14-22(21)23/h2-15,17-18,24-26H,16H2,1H3. The third-order valence-electron chi connectivity index (χ3n) is 5.05. The summed E-state index contributed by atoms with van der Waals surface area (Å²) < 4.78 is 0. The molecule has 1 heterocycles. The Morgan fingerprint density at radius 3 is 2.12 bits per heavy atom. The molecule has 4 aromatic rings. The fraction of sp³-hybridized carbons (Fsp3) is 0.167. The maximum Gasteiger partial charge on any atom is 0.0456 e. The van der Waals surface area contributed by atoms with E-state index in [0.29, 0.717) is 0 Å². The first-order chi connectivity index (χ1) is 12.8. The van der Waals surface area contributed by atoms with Crippen molar-refractivity contribution in [2.45, 2.75) is 25.4 Å². The monoisotopic (exact) mass is 340 g/mol. The molecule has 2 nitrogen and oxygen atoms in total. The average molecular weight is 340 g/mol. The van der Waals surface area contributed by atoms with Gasteiger partial charge < -0.3 is 10.3 Å². The van der Waals surface area contributed by atoms with Crippen molar-refractivity contribution in [2.24, 2.45) is 0 Å². The topological polar surface area (TPSA) is 27.8 Å². The lowest BCUT2D eigenvalue weighted by atomic mass is 9.96. The number of hydrogen-bond donors (Lipinski definition) is 2. The third-order valence-corrected chi connectivity index (χ3v) is 5.05. The van der Waals surface area contributed by atoms with E-state index in [9.17, 15) is 0 Å². The second-order valence-electron chi connectivity index (χ2n) is 6.83. The van der Waals surface area contributed by atoms with Gasteiger partial charge in [0.1, 0.15) is 0 Å². The molecule has 0 aliphatic carbocycles. The van der Waals surface area contributed by atoms with E-state index in [-0.39, 0.29) is 12.1 Å². The van der Waals surface area contributed by atoms with Crippen molar-refractivity contribution in [3.63, 3.8) is 0 Å². The minimum atomic E-state index is 0.255. The quantitative estimate of drug-likeness (QED) is 0.456. The second kappa shape index (κ2) is 7.59. The minimum Gasteiger partial charge on any atom is -0.361 e. The number of para-hydroxylation sites is 1. The number of fused-ring (bicyclic) bond motifs is 1. The first-order valence-corrected chi connectivity index (χ1v) is 9.22. The van der Waals surface area contributed by atoms with Gasteiger partial charge in [0.05, 0.1) is 0 Å². The smallest absolute Gasteiger partial charge is 0.0456 e. The van der Waals surface area contributed by atoms with Gasteiger partial charge in [0.15, 0.2) is 0 Å². The maximum absolute atomic E-state index is 3.84. The molecule has 0 radical (unpaired) electrons. The molecule has 3 aromatic carbocycles. The minimum absolute atomic E-state index is 0.255. The van der Waals surface area contributed by atoms with Crippen LogP contribution in [0.25, 0.3) is 10.9 Å². The van der Waals surface area contributed by atoms with Crippen molar-refractivity contribution >= 4 is 10.9 Å². The summed E-state index contributed by atoms with van der Waals surface area (Å²) >= 11 is 0. The van der Waals surface area contributed by atoms with Crippen molar-refractivity contribution in [1.29, 1.82) is 0 Å². The SMILES string of the molecule is CC(NC(Cc1c[nH]c2ccccc12)c1ccccc1)c1ccccc1. The molecule has 0 spiro atoms. The van der Waals surface area contributed by atoms with E-state index < -0.39 is 0 Å². The molecule has 0 fully saturated rings. The van der Waals surface area contributed by atoms with Crippen LogP contribution in [0.2, 0.25) is 0 Å². The zero-order valence-corrected chi connectivity index (χ0v) is 15.0. The summed E-state index contributed by atoms with van der Waals surface area (Å²) in [4.78, 5) is 3.40. The number of aromatic nitrogens is 1. The van der Waals surface area contributed by atoms with Crippen LogP contribution in [0, 0.1) is 0 Å². The number of benzene rings is 3. The van der Waals surface area contributed by atoms with E-state index in [0.717, 1.165) is 6.42 Å². The van der Waals surface area contributed by atoms with Crippen LogP contribution in [-0.4, -0.2) is 4.98 Å². The zero-order chi connectivity index (χ0) is 17.8. The first kappa shape index (κ1) is 16.6. The zero-order valence-electron chi connectivity index (χ0n) is 15.0. The first-order valence-electron chi connectivity index (χ1n) is 9.22. The van der Waals surface area contributed by atoms with Crippen LogP contribution in [-0.2, 0) is 6.42 Å². The molecule has 0 bridgehead atoms. The van der Waals surface area contributed by atoms with E-state index in [2.05, 4.69) is 108 Å². The Bertz CT molecular complexity index is 957. The Labute approximate surface area is 154 Å². The summed E-state index contributed by atoms with van der Waals surface area (Å²) in [5.41, 5.74) is 5.18. The fourth-order valence-corrected chi connectivity index (χ4v) is 3.62. The molecule has 1 aromatic heterocycles. The van der Waals surface area contributed by atoms with E-state index in [4.69, 9.17) is 0 Å². The van der Waals surface area contributed by atoms with Gasteiger partial charge in [-0.1, -0.05) is 78.9 Å². The van der Waals surface area contributed by atoms with E-state index in [1.54, 1.807) is 0 Å². The Hall–Kier alpha value is -2.84. The Morgan fingerprint density at radius 1 is 0.769 bits per heavy atom. The van der Waals surface area contributed by atoms with Gasteiger partial charge >= 0.3 is 0 Å². The molecule has 2 unspecified atom stereocenters.